The van der Waals surface area contributed by atoms with Crippen molar-refractivity contribution in [2.45, 2.75) is 32.2 Å². The Morgan fingerprint density at radius 2 is 2.30 bits per heavy atom. The molecule has 1 aliphatic rings. The molecule has 2 amide bonds. The number of amides is 2. The number of urea groups is 1. The molecule has 1 atom stereocenters. The monoisotopic (exact) mass is 333 g/mol. The molecule has 0 saturated carbocycles. The third kappa shape index (κ3) is 2.98. The van der Waals surface area contributed by atoms with Crippen LogP contribution in [0.25, 0.3) is 0 Å². The van der Waals surface area contributed by atoms with E-state index < -0.39 is 0 Å². The first kappa shape index (κ1) is 15.7. The minimum absolute atomic E-state index is 0.00230. The van der Waals surface area contributed by atoms with Crippen molar-refractivity contribution in [3.63, 3.8) is 0 Å². The van der Waals surface area contributed by atoms with Crippen molar-refractivity contribution in [2.24, 2.45) is 7.05 Å². The summed E-state index contributed by atoms with van der Waals surface area (Å²) in [6, 6.07) is -0.331. The number of hydrogen-bond donors (Lipinski definition) is 1. The highest BCUT2D eigenvalue weighted by Crippen LogP contribution is 2.37. The van der Waals surface area contributed by atoms with E-state index in [2.05, 4.69) is 15.3 Å². The summed E-state index contributed by atoms with van der Waals surface area (Å²) < 4.78 is 1.38. The van der Waals surface area contributed by atoms with Crippen molar-refractivity contribution in [2.75, 3.05) is 12.4 Å². The topological polar surface area (TPSA) is 80.1 Å². The fourth-order valence-corrected chi connectivity index (χ4v) is 3.96. The van der Waals surface area contributed by atoms with E-state index in [-0.39, 0.29) is 23.5 Å². The van der Waals surface area contributed by atoms with Crippen LogP contribution in [0.4, 0.5) is 10.6 Å². The first-order chi connectivity index (χ1) is 11.0. The van der Waals surface area contributed by atoms with Crippen LogP contribution in [-0.2, 0) is 13.5 Å². The van der Waals surface area contributed by atoms with Gasteiger partial charge in [0.25, 0.3) is 5.56 Å². The Kier molecular flexibility index (Phi) is 4.16. The van der Waals surface area contributed by atoms with Gasteiger partial charge in [-0.25, -0.2) is 14.8 Å². The van der Waals surface area contributed by atoms with Crippen molar-refractivity contribution in [3.8, 4) is 0 Å². The number of aromatic nitrogens is 3. The highest BCUT2D eigenvalue weighted by Gasteiger charge is 2.30. The van der Waals surface area contributed by atoms with Crippen LogP contribution >= 0.6 is 11.3 Å². The molecular weight excluding hydrogens is 314 g/mol. The van der Waals surface area contributed by atoms with Crippen molar-refractivity contribution in [1.82, 2.24) is 19.4 Å². The maximum Gasteiger partial charge on any atom is 0.323 e. The van der Waals surface area contributed by atoms with Crippen LogP contribution < -0.4 is 10.9 Å². The molecular formula is C15H19N5O2S. The number of thiazole rings is 1. The lowest BCUT2D eigenvalue weighted by Crippen LogP contribution is -2.38. The lowest BCUT2D eigenvalue weighted by atomic mass is 9.97. The molecule has 1 unspecified atom stereocenters. The number of nitrogens with one attached hydrogen (secondary N) is 1. The normalized spacial score (nSPS) is 16.7. The van der Waals surface area contributed by atoms with Gasteiger partial charge in [0.1, 0.15) is 0 Å². The molecule has 23 heavy (non-hydrogen) atoms. The molecule has 0 fully saturated rings. The van der Waals surface area contributed by atoms with Crippen molar-refractivity contribution >= 4 is 23.2 Å². The van der Waals surface area contributed by atoms with E-state index in [0.717, 1.165) is 34.8 Å². The van der Waals surface area contributed by atoms with Gasteiger partial charge in [-0.3, -0.25) is 10.1 Å². The van der Waals surface area contributed by atoms with E-state index in [0.29, 0.717) is 0 Å². The van der Waals surface area contributed by atoms with Crippen LogP contribution in [0.5, 0.6) is 0 Å². The average Bonchev–Trinajstić information content (AvgIpc) is 2.91. The molecule has 0 radical (unpaired) electrons. The third-order valence-corrected chi connectivity index (χ3v) is 5.17. The van der Waals surface area contributed by atoms with E-state index in [1.165, 1.54) is 10.8 Å². The molecule has 2 aromatic rings. The molecule has 3 rings (SSSR count). The standard InChI is InChI=1S/C15H19N5O2S/c1-9-17-10-5-4-6-11(12(10)23-9)20(3)15(22)18-13-14(21)19(2)8-7-16-13/h7-8,11H,4-6H2,1-3H3,(H,16,18,22). The first-order valence-corrected chi connectivity index (χ1v) is 8.30. The Hall–Kier alpha value is -2.22. The van der Waals surface area contributed by atoms with Gasteiger partial charge < -0.3 is 9.47 Å². The second-order valence-electron chi connectivity index (χ2n) is 5.68. The van der Waals surface area contributed by atoms with Gasteiger partial charge in [0, 0.05) is 26.5 Å². The summed E-state index contributed by atoms with van der Waals surface area (Å²) in [5.41, 5.74) is 0.768. The van der Waals surface area contributed by atoms with Gasteiger partial charge in [0.05, 0.1) is 21.6 Å². The van der Waals surface area contributed by atoms with Crippen molar-refractivity contribution in [1.29, 1.82) is 0 Å². The number of anilines is 1. The van der Waals surface area contributed by atoms with Gasteiger partial charge in [-0.2, -0.15) is 0 Å². The zero-order valence-electron chi connectivity index (χ0n) is 13.4. The summed E-state index contributed by atoms with van der Waals surface area (Å²) in [5.74, 6) is 0.0448. The highest BCUT2D eigenvalue weighted by atomic mass is 32.1. The molecule has 0 bridgehead atoms. The number of nitrogens with zero attached hydrogens (tertiary/aromatic N) is 4. The SMILES string of the molecule is Cc1nc2c(s1)C(N(C)C(=O)Nc1nccn(C)c1=O)CCC2. The fourth-order valence-electron chi connectivity index (χ4n) is 2.80. The van der Waals surface area contributed by atoms with E-state index >= 15 is 0 Å². The highest BCUT2D eigenvalue weighted by molar-refractivity contribution is 7.11. The minimum Gasteiger partial charge on any atom is -0.320 e. The third-order valence-electron chi connectivity index (χ3n) is 4.06. The predicted molar refractivity (Wildman–Crippen MR) is 88.8 cm³/mol. The van der Waals surface area contributed by atoms with Crippen LogP contribution in [0.2, 0.25) is 0 Å². The largest absolute Gasteiger partial charge is 0.323 e. The molecule has 122 valence electrons. The van der Waals surface area contributed by atoms with Crippen LogP contribution in [-0.4, -0.2) is 32.5 Å². The summed E-state index contributed by atoms with van der Waals surface area (Å²) in [5, 5.41) is 3.63. The Balaban J connectivity index is 1.81. The van der Waals surface area contributed by atoms with E-state index in [9.17, 15) is 9.59 Å². The summed E-state index contributed by atoms with van der Waals surface area (Å²) in [7, 11) is 3.37. The number of carbonyl (C=O) groups is 1. The molecule has 8 heteroatoms. The average molecular weight is 333 g/mol. The Labute approximate surface area is 138 Å². The number of aryl methyl sites for hydroxylation is 3. The van der Waals surface area contributed by atoms with Gasteiger partial charge in [-0.05, 0) is 26.2 Å². The van der Waals surface area contributed by atoms with Crippen LogP contribution in [0.3, 0.4) is 0 Å². The minimum atomic E-state index is -0.329. The van der Waals surface area contributed by atoms with E-state index in [4.69, 9.17) is 0 Å². The predicted octanol–water partition coefficient (Wildman–Crippen LogP) is 2.09. The lowest BCUT2D eigenvalue weighted by Gasteiger charge is -2.30. The second kappa shape index (κ2) is 6.11. The fraction of sp³-hybridized carbons (Fsp3) is 0.467. The number of hydrogen-bond acceptors (Lipinski definition) is 5. The summed E-state index contributed by atoms with van der Waals surface area (Å²) in [6.45, 7) is 1.98. The maximum absolute atomic E-state index is 12.5. The van der Waals surface area contributed by atoms with Gasteiger partial charge in [-0.1, -0.05) is 0 Å². The Morgan fingerprint density at radius 1 is 1.52 bits per heavy atom. The second-order valence-corrected chi connectivity index (χ2v) is 6.92. The molecule has 7 nitrogen and oxygen atoms in total. The molecule has 1 aliphatic carbocycles. The summed E-state index contributed by atoms with van der Waals surface area (Å²) in [4.78, 5) is 35.8. The van der Waals surface area contributed by atoms with Gasteiger partial charge >= 0.3 is 6.03 Å². The zero-order valence-corrected chi connectivity index (χ0v) is 14.2. The molecule has 2 heterocycles. The van der Waals surface area contributed by atoms with Crippen molar-refractivity contribution < 1.29 is 4.79 Å². The molecule has 2 aromatic heterocycles. The molecule has 0 aliphatic heterocycles. The van der Waals surface area contributed by atoms with Crippen LogP contribution in [0.15, 0.2) is 17.2 Å². The zero-order chi connectivity index (χ0) is 16.6. The first-order valence-electron chi connectivity index (χ1n) is 7.49. The quantitative estimate of drug-likeness (QED) is 0.912. The van der Waals surface area contributed by atoms with Gasteiger partial charge in [-0.15, -0.1) is 11.3 Å². The van der Waals surface area contributed by atoms with Gasteiger partial charge in [0.15, 0.2) is 0 Å². The summed E-state index contributed by atoms with van der Waals surface area (Å²) in [6.07, 6.45) is 5.91. The van der Waals surface area contributed by atoms with Crippen LogP contribution in [0.1, 0.15) is 34.5 Å². The number of fused-ring (bicyclic) bond motifs is 1. The smallest absolute Gasteiger partial charge is 0.320 e. The molecule has 0 spiro atoms. The van der Waals surface area contributed by atoms with Crippen LogP contribution in [0, 0.1) is 6.92 Å². The molecule has 1 N–H and O–H groups in total. The number of rotatable bonds is 2. The maximum atomic E-state index is 12.5. The van der Waals surface area contributed by atoms with Gasteiger partial charge in [0.2, 0.25) is 5.82 Å². The van der Waals surface area contributed by atoms with E-state index in [1.54, 1.807) is 36.5 Å². The lowest BCUT2D eigenvalue weighted by molar-refractivity contribution is 0.198. The molecule has 0 saturated heterocycles. The molecule has 0 aromatic carbocycles. The van der Waals surface area contributed by atoms with E-state index in [1.807, 2.05) is 6.92 Å². The van der Waals surface area contributed by atoms with Crippen molar-refractivity contribution in [3.05, 3.63) is 38.3 Å². The number of carbonyl (C=O) groups excluding carboxylic acids is 1. The summed E-state index contributed by atoms with van der Waals surface area (Å²) >= 11 is 1.64. The Bertz CT molecular complexity index is 797. The Morgan fingerprint density at radius 3 is 3.09 bits per heavy atom.